The van der Waals surface area contributed by atoms with E-state index >= 15 is 0 Å². The first-order valence-electron chi connectivity index (χ1n) is 9.17. The summed E-state index contributed by atoms with van der Waals surface area (Å²) in [5, 5.41) is 0. The molecule has 2 saturated heterocycles. The molecule has 2 N–H and O–H groups in total. The van der Waals surface area contributed by atoms with Crippen molar-refractivity contribution in [1.82, 2.24) is 9.80 Å². The van der Waals surface area contributed by atoms with Gasteiger partial charge in [0.05, 0.1) is 12.2 Å². The molecule has 150 valence electrons. The van der Waals surface area contributed by atoms with Crippen molar-refractivity contribution >= 4 is 35.1 Å². The smallest absolute Gasteiger partial charge is 0.332 e. The molecule has 1 aromatic carbocycles. The standard InChI is InChI=1S/C19H25N5O4/c1-21(2)12-15(25)22(3)13-6-8-14(9-7-13)24-17(27)19(16(20)26)10-4-5-11-23(19)18(24)28/h6-9H,4-5,10-12H2,1-3H3,(H2,20,26)/t19-/m0/s1. The van der Waals surface area contributed by atoms with Crippen LogP contribution in [-0.4, -0.2) is 73.3 Å². The van der Waals surface area contributed by atoms with Crippen LogP contribution in [-0.2, 0) is 14.4 Å². The number of carbonyl (C=O) groups is 4. The molecule has 2 fully saturated rings. The van der Waals surface area contributed by atoms with E-state index in [1.165, 1.54) is 9.80 Å². The van der Waals surface area contributed by atoms with Crippen molar-refractivity contribution < 1.29 is 19.2 Å². The minimum atomic E-state index is -1.59. The molecule has 0 spiro atoms. The maximum Gasteiger partial charge on any atom is 0.332 e. The number of anilines is 2. The molecule has 2 aliphatic heterocycles. The largest absolute Gasteiger partial charge is 0.367 e. The number of imide groups is 1. The van der Waals surface area contributed by atoms with Crippen LogP contribution in [0, 0.1) is 0 Å². The van der Waals surface area contributed by atoms with Gasteiger partial charge in [0.1, 0.15) is 0 Å². The van der Waals surface area contributed by atoms with Crippen LogP contribution in [0.1, 0.15) is 19.3 Å². The van der Waals surface area contributed by atoms with Gasteiger partial charge < -0.3 is 20.4 Å². The topological polar surface area (TPSA) is 107 Å². The van der Waals surface area contributed by atoms with Crippen LogP contribution in [0.5, 0.6) is 0 Å². The number of urea groups is 1. The Kier molecular flexibility index (Phi) is 5.12. The number of rotatable bonds is 5. The normalized spacial score (nSPS) is 21.9. The summed E-state index contributed by atoms with van der Waals surface area (Å²) in [6, 6.07) is 5.98. The first-order chi connectivity index (χ1) is 13.2. The van der Waals surface area contributed by atoms with Crippen molar-refractivity contribution in [2.45, 2.75) is 24.8 Å². The third kappa shape index (κ3) is 3.01. The lowest BCUT2D eigenvalue weighted by molar-refractivity contribution is -0.139. The van der Waals surface area contributed by atoms with Gasteiger partial charge in [-0.15, -0.1) is 0 Å². The van der Waals surface area contributed by atoms with Gasteiger partial charge >= 0.3 is 6.03 Å². The fourth-order valence-corrected chi connectivity index (χ4v) is 3.79. The zero-order valence-electron chi connectivity index (χ0n) is 16.3. The second-order valence-corrected chi connectivity index (χ2v) is 7.46. The van der Waals surface area contributed by atoms with Gasteiger partial charge in [-0.05, 0) is 57.6 Å². The summed E-state index contributed by atoms with van der Waals surface area (Å²) in [4.78, 5) is 55.8. The van der Waals surface area contributed by atoms with E-state index in [1.54, 1.807) is 36.2 Å². The Morgan fingerprint density at radius 3 is 2.29 bits per heavy atom. The summed E-state index contributed by atoms with van der Waals surface area (Å²) < 4.78 is 0. The van der Waals surface area contributed by atoms with Gasteiger partial charge in [-0.3, -0.25) is 14.4 Å². The molecule has 0 aliphatic carbocycles. The summed E-state index contributed by atoms with van der Waals surface area (Å²) in [5.41, 5.74) is 4.94. The van der Waals surface area contributed by atoms with Crippen molar-refractivity contribution in [1.29, 1.82) is 0 Å². The predicted molar refractivity (Wildman–Crippen MR) is 104 cm³/mol. The van der Waals surface area contributed by atoms with E-state index in [4.69, 9.17) is 5.73 Å². The molecule has 1 atom stereocenters. The van der Waals surface area contributed by atoms with E-state index in [0.717, 1.165) is 11.3 Å². The fraction of sp³-hybridized carbons (Fsp3) is 0.474. The minimum Gasteiger partial charge on any atom is -0.367 e. The Bertz CT molecular complexity index is 822. The first-order valence-corrected chi connectivity index (χ1v) is 9.17. The lowest BCUT2D eigenvalue weighted by Gasteiger charge is -2.35. The quantitative estimate of drug-likeness (QED) is 0.581. The van der Waals surface area contributed by atoms with E-state index in [2.05, 4.69) is 0 Å². The van der Waals surface area contributed by atoms with Crippen molar-refractivity contribution in [3.63, 3.8) is 0 Å². The molecule has 0 radical (unpaired) electrons. The van der Waals surface area contributed by atoms with Crippen molar-refractivity contribution in [2.24, 2.45) is 5.73 Å². The molecule has 1 aromatic rings. The number of likely N-dealkylation sites (N-methyl/N-ethyl adjacent to an activating group) is 2. The molecular formula is C19H25N5O4. The molecule has 0 bridgehead atoms. The average molecular weight is 387 g/mol. The molecule has 2 aliphatic rings. The molecule has 3 rings (SSSR count). The number of carbonyl (C=O) groups excluding carboxylic acids is 4. The highest BCUT2D eigenvalue weighted by atomic mass is 16.2. The van der Waals surface area contributed by atoms with Crippen LogP contribution in [0.4, 0.5) is 16.2 Å². The molecular weight excluding hydrogens is 362 g/mol. The maximum absolute atomic E-state index is 13.1. The molecule has 9 heteroatoms. The number of primary amides is 1. The van der Waals surface area contributed by atoms with Crippen molar-refractivity contribution in [2.75, 3.05) is 44.0 Å². The number of piperidine rings is 1. The minimum absolute atomic E-state index is 0.0871. The number of amides is 5. The number of benzene rings is 1. The molecule has 0 saturated carbocycles. The van der Waals surface area contributed by atoms with Gasteiger partial charge in [-0.1, -0.05) is 0 Å². The van der Waals surface area contributed by atoms with Crippen LogP contribution in [0.25, 0.3) is 0 Å². The predicted octanol–water partition coefficient (Wildman–Crippen LogP) is 0.388. The number of nitrogens with zero attached hydrogens (tertiary/aromatic N) is 4. The third-order valence-corrected chi connectivity index (χ3v) is 5.34. The number of hydrogen-bond donors (Lipinski definition) is 1. The molecule has 0 unspecified atom stereocenters. The van der Waals surface area contributed by atoms with E-state index in [0.29, 0.717) is 24.3 Å². The monoisotopic (exact) mass is 387 g/mol. The molecule has 5 amide bonds. The molecule has 28 heavy (non-hydrogen) atoms. The van der Waals surface area contributed by atoms with E-state index in [-0.39, 0.29) is 18.9 Å². The Hall–Kier alpha value is -2.94. The Morgan fingerprint density at radius 1 is 1.11 bits per heavy atom. The van der Waals surface area contributed by atoms with Crippen LogP contribution >= 0.6 is 0 Å². The second kappa shape index (κ2) is 7.23. The van der Waals surface area contributed by atoms with E-state index < -0.39 is 23.4 Å². The number of fused-ring (bicyclic) bond motifs is 1. The number of hydrogen-bond acceptors (Lipinski definition) is 5. The van der Waals surface area contributed by atoms with Gasteiger partial charge in [0.25, 0.3) is 11.8 Å². The highest BCUT2D eigenvalue weighted by molar-refractivity contribution is 6.30. The summed E-state index contributed by atoms with van der Waals surface area (Å²) >= 11 is 0. The van der Waals surface area contributed by atoms with Gasteiger partial charge in [-0.2, -0.15) is 0 Å². The lowest BCUT2D eigenvalue weighted by Crippen LogP contribution is -2.60. The van der Waals surface area contributed by atoms with Crippen molar-refractivity contribution in [3.05, 3.63) is 24.3 Å². The Labute approximate surface area is 163 Å². The number of nitrogens with two attached hydrogens (primary N) is 1. The third-order valence-electron chi connectivity index (χ3n) is 5.34. The molecule has 2 heterocycles. The van der Waals surface area contributed by atoms with Crippen LogP contribution in [0.15, 0.2) is 24.3 Å². The van der Waals surface area contributed by atoms with Crippen LogP contribution < -0.4 is 15.5 Å². The molecule has 9 nitrogen and oxygen atoms in total. The van der Waals surface area contributed by atoms with Crippen molar-refractivity contribution in [3.8, 4) is 0 Å². The Morgan fingerprint density at radius 2 is 1.75 bits per heavy atom. The maximum atomic E-state index is 13.1. The van der Waals surface area contributed by atoms with Gasteiger partial charge in [-0.25, -0.2) is 9.69 Å². The molecule has 0 aromatic heterocycles. The fourth-order valence-electron chi connectivity index (χ4n) is 3.79. The zero-order chi connectivity index (χ0) is 20.6. The first kappa shape index (κ1) is 19.8. The zero-order valence-corrected chi connectivity index (χ0v) is 16.3. The summed E-state index contributed by atoms with van der Waals surface area (Å²) in [5.74, 6) is -1.48. The summed E-state index contributed by atoms with van der Waals surface area (Å²) in [6.45, 7) is 0.585. The summed E-state index contributed by atoms with van der Waals surface area (Å²) in [7, 11) is 5.28. The summed E-state index contributed by atoms with van der Waals surface area (Å²) in [6.07, 6.45) is 1.62. The second-order valence-electron chi connectivity index (χ2n) is 7.46. The average Bonchev–Trinajstić information content (AvgIpc) is 2.89. The van der Waals surface area contributed by atoms with E-state index in [1.807, 2.05) is 14.1 Å². The van der Waals surface area contributed by atoms with E-state index in [9.17, 15) is 19.2 Å². The highest BCUT2D eigenvalue weighted by Crippen LogP contribution is 2.39. The van der Waals surface area contributed by atoms with Gasteiger partial charge in [0.15, 0.2) is 0 Å². The lowest BCUT2D eigenvalue weighted by atomic mass is 9.86. The van der Waals surface area contributed by atoms with Gasteiger partial charge in [0.2, 0.25) is 11.4 Å². The highest BCUT2D eigenvalue weighted by Gasteiger charge is 2.62. The Balaban J connectivity index is 1.88. The SMILES string of the molecule is CN(C)CC(=O)N(C)c1ccc(N2C(=O)N3CCCC[C@]3(C(N)=O)C2=O)cc1. The van der Waals surface area contributed by atoms with Crippen LogP contribution in [0.2, 0.25) is 0 Å². The van der Waals surface area contributed by atoms with Gasteiger partial charge in [0, 0.05) is 19.3 Å². The van der Waals surface area contributed by atoms with Crippen LogP contribution in [0.3, 0.4) is 0 Å².